The maximum absolute atomic E-state index is 9.35. The summed E-state index contributed by atoms with van der Waals surface area (Å²) in [5.74, 6) is 0.773. The van der Waals surface area contributed by atoms with Crippen molar-refractivity contribution in [2.45, 2.75) is 25.2 Å². The van der Waals surface area contributed by atoms with E-state index < -0.39 is 6.10 Å². The molecule has 0 saturated carbocycles. The predicted molar refractivity (Wildman–Crippen MR) is 47.1 cm³/mol. The molecule has 0 unspecified atom stereocenters. The van der Waals surface area contributed by atoms with Crippen molar-refractivity contribution in [2.24, 2.45) is 0 Å². The first-order valence-electron chi connectivity index (χ1n) is 4.32. The molecule has 2 rings (SSSR count). The molecule has 2 heterocycles. The van der Waals surface area contributed by atoms with Crippen LogP contribution in [0.5, 0.6) is 0 Å². The molecule has 1 aliphatic rings. The van der Waals surface area contributed by atoms with Gasteiger partial charge in [0.05, 0.1) is 18.5 Å². The van der Waals surface area contributed by atoms with Gasteiger partial charge in [0.25, 0.3) is 0 Å². The first-order valence-corrected chi connectivity index (χ1v) is 4.32. The van der Waals surface area contributed by atoms with Crippen molar-refractivity contribution < 1.29 is 14.3 Å². The Bertz CT molecular complexity index is 289. The van der Waals surface area contributed by atoms with Crippen LogP contribution in [0.4, 0.5) is 0 Å². The van der Waals surface area contributed by atoms with Crippen LogP contribution in [-0.2, 0) is 4.74 Å². The second-order valence-corrected chi connectivity index (χ2v) is 3.15. The van der Waals surface area contributed by atoms with Crippen LogP contribution >= 0.6 is 0 Å². The van der Waals surface area contributed by atoms with Gasteiger partial charge in [-0.3, -0.25) is 0 Å². The topological polar surface area (TPSA) is 42.6 Å². The maximum Gasteiger partial charge on any atom is 0.136 e. The van der Waals surface area contributed by atoms with Gasteiger partial charge in [-0.25, -0.2) is 0 Å². The van der Waals surface area contributed by atoms with Crippen LogP contribution in [-0.4, -0.2) is 17.3 Å². The molecular formula is C10H12O3. The molecule has 0 fully saturated rings. The number of rotatable bonds is 1. The standard InChI is InChI=1S/C10H12O3/c1-7-8(11)4-5-10(13-7)9-3-2-6-12-9/h2-8,10-11H,1H3/t7-,8-,10-/m1/s1. The van der Waals surface area contributed by atoms with E-state index in [0.29, 0.717) is 0 Å². The molecule has 0 radical (unpaired) electrons. The quantitative estimate of drug-likeness (QED) is 0.668. The summed E-state index contributed by atoms with van der Waals surface area (Å²) in [7, 11) is 0. The summed E-state index contributed by atoms with van der Waals surface area (Å²) in [5, 5.41) is 9.35. The van der Waals surface area contributed by atoms with E-state index in [1.807, 2.05) is 25.1 Å². The SMILES string of the molecule is C[C@H]1O[C@@H](c2ccco2)C=C[C@H]1O. The van der Waals surface area contributed by atoms with Crippen LogP contribution in [0.2, 0.25) is 0 Å². The molecule has 3 nitrogen and oxygen atoms in total. The summed E-state index contributed by atoms with van der Waals surface area (Å²) in [6.45, 7) is 1.84. The summed E-state index contributed by atoms with van der Waals surface area (Å²) in [6.07, 6.45) is 4.31. The first kappa shape index (κ1) is 8.53. The number of hydrogen-bond donors (Lipinski definition) is 1. The minimum atomic E-state index is -0.508. The highest BCUT2D eigenvalue weighted by molar-refractivity contribution is 5.13. The van der Waals surface area contributed by atoms with Gasteiger partial charge in [-0.05, 0) is 25.1 Å². The zero-order valence-corrected chi connectivity index (χ0v) is 7.38. The van der Waals surface area contributed by atoms with Crippen molar-refractivity contribution in [3.63, 3.8) is 0 Å². The van der Waals surface area contributed by atoms with Crippen molar-refractivity contribution in [2.75, 3.05) is 0 Å². The Morgan fingerprint density at radius 1 is 1.38 bits per heavy atom. The van der Waals surface area contributed by atoms with E-state index >= 15 is 0 Å². The normalized spacial score (nSPS) is 33.5. The van der Waals surface area contributed by atoms with Crippen molar-refractivity contribution >= 4 is 0 Å². The maximum atomic E-state index is 9.35. The Hall–Kier alpha value is -1.06. The lowest BCUT2D eigenvalue weighted by atomic mass is 10.1. The van der Waals surface area contributed by atoms with Gasteiger partial charge in [0.15, 0.2) is 0 Å². The summed E-state index contributed by atoms with van der Waals surface area (Å²) in [4.78, 5) is 0. The van der Waals surface area contributed by atoms with Crippen LogP contribution in [0, 0.1) is 0 Å². The Labute approximate surface area is 76.6 Å². The average molecular weight is 180 g/mol. The van der Waals surface area contributed by atoms with Crippen LogP contribution in [0.25, 0.3) is 0 Å². The van der Waals surface area contributed by atoms with Crippen molar-refractivity contribution in [3.05, 3.63) is 36.3 Å². The van der Waals surface area contributed by atoms with E-state index in [4.69, 9.17) is 9.15 Å². The summed E-state index contributed by atoms with van der Waals surface area (Å²) in [5.41, 5.74) is 0. The lowest BCUT2D eigenvalue weighted by Crippen LogP contribution is -2.29. The fraction of sp³-hybridized carbons (Fsp3) is 0.400. The molecule has 1 aromatic heterocycles. The molecule has 1 aromatic rings. The van der Waals surface area contributed by atoms with E-state index in [0.717, 1.165) is 5.76 Å². The lowest BCUT2D eigenvalue weighted by molar-refractivity contribution is -0.0535. The van der Waals surface area contributed by atoms with Crippen molar-refractivity contribution in [1.29, 1.82) is 0 Å². The molecule has 3 heteroatoms. The number of ether oxygens (including phenoxy) is 1. The Balaban J connectivity index is 2.15. The molecule has 3 atom stereocenters. The van der Waals surface area contributed by atoms with Gasteiger partial charge in [0.1, 0.15) is 11.9 Å². The number of hydrogen-bond acceptors (Lipinski definition) is 3. The third-order valence-corrected chi connectivity index (χ3v) is 2.15. The summed E-state index contributed by atoms with van der Waals surface area (Å²) < 4.78 is 10.7. The Morgan fingerprint density at radius 2 is 2.23 bits per heavy atom. The average Bonchev–Trinajstić information content (AvgIpc) is 2.62. The van der Waals surface area contributed by atoms with Crippen LogP contribution in [0.15, 0.2) is 35.0 Å². The largest absolute Gasteiger partial charge is 0.466 e. The molecule has 0 aromatic carbocycles. The van der Waals surface area contributed by atoms with E-state index in [9.17, 15) is 5.11 Å². The van der Waals surface area contributed by atoms with Crippen LogP contribution in [0.3, 0.4) is 0 Å². The van der Waals surface area contributed by atoms with Gasteiger partial charge in [-0.15, -0.1) is 0 Å². The Kier molecular flexibility index (Phi) is 2.20. The number of furan rings is 1. The molecule has 0 amide bonds. The Morgan fingerprint density at radius 3 is 2.85 bits per heavy atom. The molecule has 13 heavy (non-hydrogen) atoms. The molecule has 0 saturated heterocycles. The van der Waals surface area contributed by atoms with Gasteiger partial charge >= 0.3 is 0 Å². The number of aliphatic hydroxyl groups excluding tert-OH is 1. The highest BCUT2D eigenvalue weighted by Gasteiger charge is 2.23. The second kappa shape index (κ2) is 3.36. The zero-order valence-electron chi connectivity index (χ0n) is 7.38. The van der Waals surface area contributed by atoms with Gasteiger partial charge in [0, 0.05) is 0 Å². The molecule has 70 valence electrons. The molecule has 1 N–H and O–H groups in total. The van der Waals surface area contributed by atoms with Crippen LogP contribution in [0.1, 0.15) is 18.8 Å². The highest BCUT2D eigenvalue weighted by atomic mass is 16.5. The highest BCUT2D eigenvalue weighted by Crippen LogP contribution is 2.26. The third kappa shape index (κ3) is 1.66. The second-order valence-electron chi connectivity index (χ2n) is 3.15. The predicted octanol–water partition coefficient (Wildman–Crippen LogP) is 1.66. The van der Waals surface area contributed by atoms with E-state index in [1.54, 1.807) is 12.3 Å². The fourth-order valence-electron chi connectivity index (χ4n) is 1.34. The van der Waals surface area contributed by atoms with Crippen LogP contribution < -0.4 is 0 Å². The lowest BCUT2D eigenvalue weighted by Gasteiger charge is -2.25. The summed E-state index contributed by atoms with van der Waals surface area (Å²) >= 11 is 0. The molecule has 0 aliphatic carbocycles. The van der Waals surface area contributed by atoms with E-state index in [-0.39, 0.29) is 12.2 Å². The molecule has 0 bridgehead atoms. The summed E-state index contributed by atoms with van der Waals surface area (Å²) in [6, 6.07) is 3.68. The van der Waals surface area contributed by atoms with Gasteiger partial charge in [0.2, 0.25) is 0 Å². The minimum absolute atomic E-state index is 0.159. The first-order chi connectivity index (χ1) is 6.27. The minimum Gasteiger partial charge on any atom is -0.466 e. The zero-order chi connectivity index (χ0) is 9.26. The van der Waals surface area contributed by atoms with E-state index in [1.165, 1.54) is 0 Å². The van der Waals surface area contributed by atoms with Crippen molar-refractivity contribution in [1.82, 2.24) is 0 Å². The fourth-order valence-corrected chi connectivity index (χ4v) is 1.34. The monoisotopic (exact) mass is 180 g/mol. The third-order valence-electron chi connectivity index (χ3n) is 2.15. The molecule has 0 spiro atoms. The van der Waals surface area contributed by atoms with Gasteiger partial charge in [-0.2, -0.15) is 0 Å². The van der Waals surface area contributed by atoms with Gasteiger partial charge < -0.3 is 14.3 Å². The van der Waals surface area contributed by atoms with Crippen molar-refractivity contribution in [3.8, 4) is 0 Å². The molecule has 1 aliphatic heterocycles. The number of aliphatic hydroxyl groups is 1. The van der Waals surface area contributed by atoms with E-state index in [2.05, 4.69) is 0 Å². The smallest absolute Gasteiger partial charge is 0.136 e. The van der Waals surface area contributed by atoms with Gasteiger partial charge in [-0.1, -0.05) is 6.08 Å². The molecular weight excluding hydrogens is 168 g/mol.